The van der Waals surface area contributed by atoms with Crippen LogP contribution in [0.15, 0.2) is 59.5 Å². The Hall–Kier alpha value is -3.54. The molecule has 2 aromatic carbocycles. The first-order chi connectivity index (χ1) is 21.4. The maximum atomic E-state index is 14.1. The van der Waals surface area contributed by atoms with E-state index in [0.29, 0.717) is 31.5 Å². The lowest BCUT2D eigenvalue weighted by Gasteiger charge is -2.35. The van der Waals surface area contributed by atoms with Gasteiger partial charge < -0.3 is 29.5 Å². The maximum Gasteiger partial charge on any atom is 0.407 e. The van der Waals surface area contributed by atoms with Crippen LogP contribution in [0.5, 0.6) is 0 Å². The second kappa shape index (κ2) is 15.2. The number of nitrogens with zero attached hydrogens (tertiary/aromatic N) is 3. The highest BCUT2D eigenvalue weighted by Crippen LogP contribution is 2.33. The van der Waals surface area contributed by atoms with Gasteiger partial charge in [0.25, 0.3) is 0 Å². The van der Waals surface area contributed by atoms with Gasteiger partial charge in [-0.05, 0) is 48.4 Å². The fourth-order valence-electron chi connectivity index (χ4n) is 5.63. The van der Waals surface area contributed by atoms with Crippen molar-refractivity contribution in [1.82, 2.24) is 9.62 Å². The standard InChI is InChI=1S/C32H42N4O8S/c1-32(2,14-8-15-33)21-36(45(40,41)25-12-7-11-24(18-25)35(3)22-37)19-28(38)27(17-23-9-5-4-6-10-23)34-31(39)44-29-20-43-30-26(29)13-16-42-30/h4-7,9-12,18,22,26-30,38H,8,13-14,16-17,19-21H2,1-3H3,(H,34,39)/t26-,27-,28+,29-,30+/m0/s1. The molecule has 0 aromatic heterocycles. The van der Waals surface area contributed by atoms with Crippen molar-refractivity contribution in [3.05, 3.63) is 60.2 Å². The van der Waals surface area contributed by atoms with E-state index >= 15 is 0 Å². The second-order valence-electron chi connectivity index (χ2n) is 12.3. The van der Waals surface area contributed by atoms with E-state index in [1.54, 1.807) is 12.1 Å². The molecule has 13 heteroatoms. The SMILES string of the molecule is CN(C=O)c1cccc(S(=O)(=O)N(C[C@@H](O)[C@H](Cc2ccccc2)NC(=O)O[C@H]2CO[C@H]3OCC[C@H]32)CC(C)(C)CCC#N)c1. The van der Waals surface area contributed by atoms with E-state index in [2.05, 4.69) is 11.4 Å². The first-order valence-electron chi connectivity index (χ1n) is 15.0. The number of nitrogens with one attached hydrogen (secondary N) is 1. The molecule has 0 bridgehead atoms. The van der Waals surface area contributed by atoms with E-state index in [1.165, 1.54) is 28.4 Å². The van der Waals surface area contributed by atoms with Crippen molar-refractivity contribution in [3.63, 3.8) is 0 Å². The van der Waals surface area contributed by atoms with Gasteiger partial charge in [0.15, 0.2) is 6.29 Å². The van der Waals surface area contributed by atoms with Crippen molar-refractivity contribution in [2.45, 2.75) is 69.0 Å². The summed E-state index contributed by atoms with van der Waals surface area (Å²) in [7, 11) is -2.69. The predicted molar refractivity (Wildman–Crippen MR) is 165 cm³/mol. The average Bonchev–Trinajstić information content (AvgIpc) is 3.64. The Morgan fingerprint density at radius 1 is 1.22 bits per heavy atom. The molecule has 2 saturated heterocycles. The van der Waals surface area contributed by atoms with Gasteiger partial charge in [-0.25, -0.2) is 13.2 Å². The number of hydrogen-bond acceptors (Lipinski definition) is 9. The molecule has 45 heavy (non-hydrogen) atoms. The summed E-state index contributed by atoms with van der Waals surface area (Å²) in [6.07, 6.45) is -0.850. The Morgan fingerprint density at radius 3 is 2.69 bits per heavy atom. The number of anilines is 1. The summed E-state index contributed by atoms with van der Waals surface area (Å²) in [5, 5.41) is 23.6. The molecule has 0 unspecified atom stereocenters. The predicted octanol–water partition coefficient (Wildman–Crippen LogP) is 3.06. The molecule has 0 saturated carbocycles. The zero-order valence-corrected chi connectivity index (χ0v) is 26.7. The first-order valence-corrected chi connectivity index (χ1v) is 16.4. The second-order valence-corrected chi connectivity index (χ2v) is 14.2. The maximum absolute atomic E-state index is 14.1. The average molecular weight is 643 g/mol. The lowest BCUT2D eigenvalue weighted by atomic mass is 9.88. The monoisotopic (exact) mass is 642 g/mol. The summed E-state index contributed by atoms with van der Waals surface area (Å²) in [6, 6.07) is 16.4. The van der Waals surface area contributed by atoms with Gasteiger partial charge in [-0.1, -0.05) is 50.2 Å². The number of rotatable bonds is 15. The molecule has 0 spiro atoms. The Morgan fingerprint density at radius 2 is 1.98 bits per heavy atom. The molecule has 2 aromatic rings. The third-order valence-electron chi connectivity index (χ3n) is 8.24. The molecule has 2 amide bonds. The molecule has 12 nitrogen and oxygen atoms in total. The Bertz CT molecular complexity index is 1450. The number of amides is 2. The number of ether oxygens (including phenoxy) is 3. The third kappa shape index (κ3) is 9.02. The van der Waals surface area contributed by atoms with E-state index < -0.39 is 46.1 Å². The van der Waals surface area contributed by atoms with Gasteiger partial charge in [0.1, 0.15) is 6.10 Å². The number of nitriles is 1. The van der Waals surface area contributed by atoms with Crippen LogP contribution in [0.25, 0.3) is 0 Å². The summed E-state index contributed by atoms with van der Waals surface area (Å²) in [5.74, 6) is -0.0708. The molecule has 2 fully saturated rings. The molecule has 0 aliphatic carbocycles. The Kier molecular flexibility index (Phi) is 11.6. The Labute approximate surface area is 264 Å². The molecule has 0 radical (unpaired) electrons. The zero-order chi connectivity index (χ0) is 32.6. The minimum Gasteiger partial charge on any atom is -0.443 e. The van der Waals surface area contributed by atoms with Crippen molar-refractivity contribution in [2.75, 3.05) is 38.3 Å². The molecule has 4 rings (SSSR count). The van der Waals surface area contributed by atoms with Crippen LogP contribution in [0.2, 0.25) is 0 Å². The van der Waals surface area contributed by atoms with Gasteiger partial charge >= 0.3 is 6.09 Å². The molecule has 2 N–H and O–H groups in total. The number of sulfonamides is 1. The number of alkyl carbamates (subject to hydrolysis) is 1. The fourth-order valence-corrected chi connectivity index (χ4v) is 7.32. The van der Waals surface area contributed by atoms with Crippen molar-refractivity contribution in [1.29, 1.82) is 5.26 Å². The summed E-state index contributed by atoms with van der Waals surface area (Å²) in [4.78, 5) is 25.7. The lowest BCUT2D eigenvalue weighted by molar-refractivity contribution is -0.107. The van der Waals surface area contributed by atoms with Gasteiger partial charge in [-0.2, -0.15) is 9.57 Å². The lowest BCUT2D eigenvalue weighted by Crippen LogP contribution is -2.52. The highest BCUT2D eigenvalue weighted by atomic mass is 32.2. The van der Waals surface area contributed by atoms with Crippen molar-refractivity contribution in [2.24, 2.45) is 11.3 Å². The molecule has 244 valence electrons. The van der Waals surface area contributed by atoms with Crippen molar-refractivity contribution < 1.29 is 37.3 Å². The van der Waals surface area contributed by atoms with Crippen LogP contribution in [-0.4, -0.2) is 88.2 Å². The number of fused-ring (bicyclic) bond motifs is 1. The van der Waals surface area contributed by atoms with Crippen LogP contribution in [-0.2, 0) is 35.4 Å². The topological polar surface area (TPSA) is 158 Å². The van der Waals surface area contributed by atoms with E-state index in [-0.39, 0.29) is 43.4 Å². The van der Waals surface area contributed by atoms with Crippen LogP contribution in [0, 0.1) is 22.7 Å². The van der Waals surface area contributed by atoms with Gasteiger partial charge in [0.2, 0.25) is 16.4 Å². The van der Waals surface area contributed by atoms with Gasteiger partial charge in [-0.15, -0.1) is 0 Å². The Balaban J connectivity index is 1.60. The highest BCUT2D eigenvalue weighted by molar-refractivity contribution is 7.89. The van der Waals surface area contributed by atoms with E-state index in [4.69, 9.17) is 14.2 Å². The summed E-state index contributed by atoms with van der Waals surface area (Å²) in [5.41, 5.74) is 0.583. The number of aliphatic hydroxyl groups is 1. The number of aliphatic hydroxyl groups excluding tert-OH is 1. The zero-order valence-electron chi connectivity index (χ0n) is 25.9. The number of benzene rings is 2. The molecular weight excluding hydrogens is 600 g/mol. The first kappa shape index (κ1) is 34.3. The molecule has 2 aliphatic rings. The van der Waals surface area contributed by atoms with Gasteiger partial charge in [-0.3, -0.25) is 4.79 Å². The summed E-state index contributed by atoms with van der Waals surface area (Å²) >= 11 is 0. The number of carbonyl (C=O) groups is 2. The largest absolute Gasteiger partial charge is 0.443 e. The van der Waals surface area contributed by atoms with Crippen LogP contribution in [0.4, 0.5) is 10.5 Å². The number of carbonyl (C=O) groups excluding carboxylic acids is 2. The van der Waals surface area contributed by atoms with E-state index in [0.717, 1.165) is 5.56 Å². The van der Waals surface area contributed by atoms with Crippen LogP contribution in [0.3, 0.4) is 0 Å². The van der Waals surface area contributed by atoms with E-state index in [1.807, 2.05) is 44.2 Å². The normalized spacial score (nSPS) is 21.0. The molecule has 2 aliphatic heterocycles. The summed E-state index contributed by atoms with van der Waals surface area (Å²) < 4.78 is 46.2. The van der Waals surface area contributed by atoms with Crippen LogP contribution < -0.4 is 10.2 Å². The minimum absolute atomic E-state index is 0.00714. The molecular formula is C32H42N4O8S. The fraction of sp³-hybridized carbons (Fsp3) is 0.531. The third-order valence-corrected chi connectivity index (χ3v) is 10.0. The highest BCUT2D eigenvalue weighted by Gasteiger charge is 2.44. The minimum atomic E-state index is -4.21. The van der Waals surface area contributed by atoms with Crippen LogP contribution >= 0.6 is 0 Å². The van der Waals surface area contributed by atoms with Gasteiger partial charge in [0.05, 0.1) is 42.2 Å². The van der Waals surface area contributed by atoms with E-state index in [9.17, 15) is 28.4 Å². The molecule has 5 atom stereocenters. The summed E-state index contributed by atoms with van der Waals surface area (Å²) in [6.45, 7) is 4.08. The quantitative estimate of drug-likeness (QED) is 0.279. The van der Waals surface area contributed by atoms with Gasteiger partial charge in [0, 0.05) is 32.2 Å². The van der Waals surface area contributed by atoms with Crippen molar-refractivity contribution >= 4 is 28.2 Å². The number of hydrogen-bond donors (Lipinski definition) is 2. The molecule has 2 heterocycles. The smallest absolute Gasteiger partial charge is 0.407 e. The van der Waals surface area contributed by atoms with Crippen molar-refractivity contribution in [3.8, 4) is 6.07 Å². The van der Waals surface area contributed by atoms with Crippen LogP contribution in [0.1, 0.15) is 38.7 Å².